The van der Waals surface area contributed by atoms with E-state index in [1.807, 2.05) is 32.9 Å². The summed E-state index contributed by atoms with van der Waals surface area (Å²) in [6.07, 6.45) is 1.18. The number of amides is 1. The van der Waals surface area contributed by atoms with Crippen molar-refractivity contribution in [3.05, 3.63) is 24.0 Å². The van der Waals surface area contributed by atoms with Crippen molar-refractivity contribution in [2.24, 2.45) is 0 Å². The molecular formula is C14H22N2O2. The maximum atomic E-state index is 11.5. The van der Waals surface area contributed by atoms with Crippen molar-refractivity contribution < 1.29 is 9.53 Å². The molecule has 0 aromatic carbocycles. The molecule has 1 heterocycles. The zero-order valence-electron chi connectivity index (χ0n) is 12.0. The Balaban J connectivity index is 2.67. The van der Waals surface area contributed by atoms with Crippen LogP contribution in [-0.2, 0) is 10.2 Å². The summed E-state index contributed by atoms with van der Waals surface area (Å²) in [6, 6.07) is 3.74. The van der Waals surface area contributed by atoms with E-state index < -0.39 is 11.7 Å². The summed E-state index contributed by atoms with van der Waals surface area (Å²) in [7, 11) is 0. The van der Waals surface area contributed by atoms with Gasteiger partial charge in [-0.05, 0) is 32.9 Å². The van der Waals surface area contributed by atoms with Crippen LogP contribution in [0.1, 0.15) is 47.2 Å². The van der Waals surface area contributed by atoms with Gasteiger partial charge >= 0.3 is 6.09 Å². The fraction of sp³-hybridized carbons (Fsp3) is 0.571. The van der Waals surface area contributed by atoms with Gasteiger partial charge in [-0.2, -0.15) is 0 Å². The Morgan fingerprint density at radius 2 is 1.78 bits per heavy atom. The first kappa shape index (κ1) is 14.5. The average molecular weight is 250 g/mol. The molecule has 0 aliphatic rings. The predicted molar refractivity (Wildman–Crippen MR) is 72.8 cm³/mol. The van der Waals surface area contributed by atoms with Crippen LogP contribution in [0, 0.1) is 0 Å². The van der Waals surface area contributed by atoms with Crippen LogP contribution in [0.25, 0.3) is 0 Å². The van der Waals surface area contributed by atoms with Crippen molar-refractivity contribution >= 4 is 11.8 Å². The predicted octanol–water partition coefficient (Wildman–Crippen LogP) is 3.73. The normalized spacial score (nSPS) is 12.1. The highest BCUT2D eigenvalue weighted by molar-refractivity contribution is 5.84. The summed E-state index contributed by atoms with van der Waals surface area (Å²) < 4.78 is 5.16. The number of hydrogen-bond acceptors (Lipinski definition) is 3. The molecule has 100 valence electrons. The Morgan fingerprint density at radius 3 is 2.17 bits per heavy atom. The molecule has 1 N–H and O–H groups in total. The summed E-state index contributed by atoms with van der Waals surface area (Å²) in [5.74, 6) is 0. The third-order valence-electron chi connectivity index (χ3n) is 2.18. The molecule has 0 bridgehead atoms. The maximum absolute atomic E-state index is 11.5. The molecule has 4 nitrogen and oxygen atoms in total. The van der Waals surface area contributed by atoms with Gasteiger partial charge in [-0.3, -0.25) is 10.3 Å². The van der Waals surface area contributed by atoms with E-state index in [0.29, 0.717) is 5.69 Å². The van der Waals surface area contributed by atoms with Gasteiger partial charge in [0.25, 0.3) is 0 Å². The molecule has 1 amide bonds. The van der Waals surface area contributed by atoms with Crippen LogP contribution in [-0.4, -0.2) is 16.7 Å². The zero-order valence-corrected chi connectivity index (χ0v) is 12.0. The first-order valence-corrected chi connectivity index (χ1v) is 6.04. The van der Waals surface area contributed by atoms with Crippen molar-refractivity contribution in [1.29, 1.82) is 0 Å². The summed E-state index contributed by atoms with van der Waals surface area (Å²) in [5, 5.41) is 2.65. The number of pyridine rings is 1. The first-order valence-electron chi connectivity index (χ1n) is 6.04. The van der Waals surface area contributed by atoms with Crippen molar-refractivity contribution in [2.45, 2.75) is 52.6 Å². The van der Waals surface area contributed by atoms with Gasteiger partial charge in [-0.1, -0.05) is 20.8 Å². The van der Waals surface area contributed by atoms with Crippen LogP contribution in [0.2, 0.25) is 0 Å². The number of ether oxygens (including phenoxy) is 1. The lowest BCUT2D eigenvalue weighted by Gasteiger charge is -2.20. The van der Waals surface area contributed by atoms with Crippen LogP contribution in [0.3, 0.4) is 0 Å². The number of nitrogens with one attached hydrogen (secondary N) is 1. The van der Waals surface area contributed by atoms with E-state index in [1.54, 1.807) is 6.20 Å². The molecule has 0 aliphatic heterocycles. The standard InChI is InChI=1S/C14H22N2O2/c1-13(2,3)11-8-7-10(9-15-11)16-12(17)18-14(4,5)6/h7-9H,1-6H3,(H,16,17). The molecule has 0 unspecified atom stereocenters. The van der Waals surface area contributed by atoms with E-state index in [2.05, 4.69) is 31.1 Å². The Labute approximate surface area is 109 Å². The summed E-state index contributed by atoms with van der Waals surface area (Å²) in [6.45, 7) is 11.8. The quantitative estimate of drug-likeness (QED) is 0.826. The number of carbonyl (C=O) groups is 1. The molecule has 0 fully saturated rings. The minimum absolute atomic E-state index is 0.00441. The lowest BCUT2D eigenvalue weighted by atomic mass is 9.92. The second-order valence-corrected chi connectivity index (χ2v) is 6.31. The molecule has 4 heteroatoms. The van der Waals surface area contributed by atoms with Crippen molar-refractivity contribution in [2.75, 3.05) is 5.32 Å². The number of anilines is 1. The number of carbonyl (C=O) groups excluding carboxylic acids is 1. The van der Waals surface area contributed by atoms with E-state index in [0.717, 1.165) is 5.69 Å². The lowest BCUT2D eigenvalue weighted by molar-refractivity contribution is 0.0636. The second kappa shape index (κ2) is 4.96. The minimum Gasteiger partial charge on any atom is -0.444 e. The topological polar surface area (TPSA) is 51.2 Å². The van der Waals surface area contributed by atoms with Crippen molar-refractivity contribution in [1.82, 2.24) is 4.98 Å². The zero-order chi connectivity index (χ0) is 14.0. The minimum atomic E-state index is -0.497. The first-order chi connectivity index (χ1) is 8.08. The Kier molecular flexibility index (Phi) is 3.99. The number of rotatable bonds is 1. The fourth-order valence-electron chi connectivity index (χ4n) is 1.33. The van der Waals surface area contributed by atoms with Gasteiger partial charge in [-0.25, -0.2) is 4.79 Å². The highest BCUT2D eigenvalue weighted by atomic mass is 16.6. The summed E-state index contributed by atoms with van der Waals surface area (Å²) in [5.41, 5.74) is 1.13. The molecule has 0 saturated carbocycles. The molecule has 0 aliphatic carbocycles. The largest absolute Gasteiger partial charge is 0.444 e. The van der Waals surface area contributed by atoms with Gasteiger partial charge in [0.15, 0.2) is 0 Å². The van der Waals surface area contributed by atoms with Gasteiger partial charge in [-0.15, -0.1) is 0 Å². The van der Waals surface area contributed by atoms with E-state index in [4.69, 9.17) is 4.74 Å². The molecule has 0 spiro atoms. The number of hydrogen-bond donors (Lipinski definition) is 1. The molecular weight excluding hydrogens is 228 g/mol. The highest BCUT2D eigenvalue weighted by Crippen LogP contribution is 2.21. The molecule has 18 heavy (non-hydrogen) atoms. The van der Waals surface area contributed by atoms with E-state index in [1.165, 1.54) is 0 Å². The Bertz CT molecular complexity index is 411. The smallest absolute Gasteiger partial charge is 0.412 e. The van der Waals surface area contributed by atoms with Crippen molar-refractivity contribution in [3.8, 4) is 0 Å². The molecule has 0 radical (unpaired) electrons. The molecule has 1 aromatic rings. The number of nitrogens with zero attached hydrogens (tertiary/aromatic N) is 1. The summed E-state index contributed by atoms with van der Waals surface area (Å²) in [4.78, 5) is 15.9. The van der Waals surface area contributed by atoms with Gasteiger partial charge in [0.05, 0.1) is 11.9 Å². The maximum Gasteiger partial charge on any atom is 0.412 e. The molecule has 0 saturated heterocycles. The van der Waals surface area contributed by atoms with E-state index >= 15 is 0 Å². The number of aromatic nitrogens is 1. The SMILES string of the molecule is CC(C)(C)OC(=O)Nc1ccc(C(C)(C)C)nc1. The summed E-state index contributed by atoms with van der Waals surface area (Å²) >= 11 is 0. The van der Waals surface area contributed by atoms with Gasteiger partial charge in [0.2, 0.25) is 0 Å². The van der Waals surface area contributed by atoms with Gasteiger partial charge in [0.1, 0.15) is 5.60 Å². The lowest BCUT2D eigenvalue weighted by Crippen LogP contribution is -2.27. The van der Waals surface area contributed by atoms with Crippen LogP contribution < -0.4 is 5.32 Å². The molecule has 1 aromatic heterocycles. The van der Waals surface area contributed by atoms with E-state index in [-0.39, 0.29) is 5.41 Å². The average Bonchev–Trinajstić information content (AvgIpc) is 2.13. The van der Waals surface area contributed by atoms with Crippen LogP contribution in [0.4, 0.5) is 10.5 Å². The van der Waals surface area contributed by atoms with E-state index in [9.17, 15) is 4.79 Å². The van der Waals surface area contributed by atoms with Crippen LogP contribution >= 0.6 is 0 Å². The highest BCUT2D eigenvalue weighted by Gasteiger charge is 2.17. The third-order valence-corrected chi connectivity index (χ3v) is 2.18. The van der Waals surface area contributed by atoms with Crippen molar-refractivity contribution in [3.63, 3.8) is 0 Å². The second-order valence-electron chi connectivity index (χ2n) is 6.31. The monoisotopic (exact) mass is 250 g/mol. The molecule has 1 rings (SSSR count). The Morgan fingerprint density at radius 1 is 1.17 bits per heavy atom. The molecule has 0 atom stereocenters. The fourth-order valence-corrected chi connectivity index (χ4v) is 1.33. The van der Waals surface area contributed by atoms with Gasteiger partial charge in [0, 0.05) is 11.1 Å². The van der Waals surface area contributed by atoms with Crippen LogP contribution in [0.15, 0.2) is 18.3 Å². The Hall–Kier alpha value is -1.58. The van der Waals surface area contributed by atoms with Crippen LogP contribution in [0.5, 0.6) is 0 Å². The third kappa shape index (κ3) is 4.73. The van der Waals surface area contributed by atoms with Gasteiger partial charge < -0.3 is 4.74 Å².